The van der Waals surface area contributed by atoms with Gasteiger partial charge < -0.3 is 14.8 Å². The summed E-state index contributed by atoms with van der Waals surface area (Å²) >= 11 is 5.23. The van der Waals surface area contributed by atoms with Crippen LogP contribution in [0.3, 0.4) is 0 Å². The summed E-state index contributed by atoms with van der Waals surface area (Å²) in [4.78, 5) is 0. The average molecular weight is 377 g/mol. The number of methoxy groups -OCH3 is 1. The summed E-state index contributed by atoms with van der Waals surface area (Å²) < 4.78 is 10.9. The number of rotatable bonds is 6. The van der Waals surface area contributed by atoms with E-state index in [1.165, 1.54) is 0 Å². The van der Waals surface area contributed by atoms with E-state index in [0.717, 1.165) is 28.5 Å². The lowest BCUT2D eigenvalue weighted by Crippen LogP contribution is -2.23. The molecule has 0 aliphatic heterocycles. The first-order chi connectivity index (χ1) is 13.2. The third kappa shape index (κ3) is 5.83. The van der Waals surface area contributed by atoms with Crippen molar-refractivity contribution in [2.45, 2.75) is 0 Å². The maximum atomic E-state index is 5.81. The Hall–Kier alpha value is -3.38. The summed E-state index contributed by atoms with van der Waals surface area (Å²) in [6.07, 6.45) is 1.68. The number of nitrogens with one attached hydrogen (secondary N) is 2. The van der Waals surface area contributed by atoms with Crippen LogP contribution in [-0.2, 0) is 0 Å². The van der Waals surface area contributed by atoms with E-state index in [2.05, 4.69) is 15.8 Å². The van der Waals surface area contributed by atoms with E-state index in [-0.39, 0.29) is 0 Å². The van der Waals surface area contributed by atoms with E-state index in [1.54, 1.807) is 13.3 Å². The van der Waals surface area contributed by atoms with Crippen molar-refractivity contribution in [3.63, 3.8) is 0 Å². The van der Waals surface area contributed by atoms with Gasteiger partial charge in [0, 0.05) is 5.69 Å². The first-order valence-corrected chi connectivity index (χ1v) is 8.71. The monoisotopic (exact) mass is 377 g/mol. The molecule has 0 saturated carbocycles. The summed E-state index contributed by atoms with van der Waals surface area (Å²) in [5, 5.41) is 7.61. The minimum absolute atomic E-state index is 0.396. The van der Waals surface area contributed by atoms with Crippen molar-refractivity contribution < 1.29 is 9.47 Å². The Labute approximate surface area is 163 Å². The molecule has 0 aliphatic rings. The largest absolute Gasteiger partial charge is 0.497 e. The fourth-order valence-electron chi connectivity index (χ4n) is 2.28. The van der Waals surface area contributed by atoms with Gasteiger partial charge in [0.2, 0.25) is 0 Å². The standard InChI is InChI=1S/C21H19N3O2S/c1-25-18-12-10-17(11-13-18)23-21(27)24-22-15-16-6-5-9-20(14-16)26-19-7-3-2-4-8-19/h2-15H,1H3,(H2,23,24,27)/b22-15-. The average Bonchev–Trinajstić information content (AvgIpc) is 2.70. The fourth-order valence-corrected chi connectivity index (χ4v) is 2.45. The third-order valence-corrected chi connectivity index (χ3v) is 3.76. The Kier molecular flexibility index (Phi) is 6.38. The molecule has 3 aromatic carbocycles. The lowest BCUT2D eigenvalue weighted by atomic mass is 10.2. The first-order valence-electron chi connectivity index (χ1n) is 8.30. The molecule has 0 saturated heterocycles. The van der Waals surface area contributed by atoms with Crippen molar-refractivity contribution in [1.29, 1.82) is 0 Å². The zero-order valence-electron chi connectivity index (χ0n) is 14.8. The summed E-state index contributed by atoms with van der Waals surface area (Å²) in [7, 11) is 1.63. The molecule has 3 rings (SSSR count). The number of anilines is 1. The number of thiocarbonyl (C=S) groups is 1. The highest BCUT2D eigenvalue weighted by Gasteiger charge is 1.99. The predicted octanol–water partition coefficient (Wildman–Crippen LogP) is 4.81. The number of benzene rings is 3. The molecule has 0 unspecified atom stereocenters. The molecule has 0 aliphatic carbocycles. The van der Waals surface area contributed by atoms with Crippen molar-refractivity contribution >= 4 is 29.2 Å². The zero-order chi connectivity index (χ0) is 18.9. The van der Waals surface area contributed by atoms with E-state index in [4.69, 9.17) is 21.7 Å². The minimum atomic E-state index is 0.396. The second kappa shape index (κ2) is 9.35. The second-order valence-electron chi connectivity index (χ2n) is 5.54. The molecule has 2 N–H and O–H groups in total. The van der Waals surface area contributed by atoms with Gasteiger partial charge in [-0.2, -0.15) is 5.10 Å². The number of hydrazone groups is 1. The highest BCUT2D eigenvalue weighted by molar-refractivity contribution is 7.80. The molecule has 0 fully saturated rings. The highest BCUT2D eigenvalue weighted by atomic mass is 32.1. The molecule has 3 aromatic rings. The van der Waals surface area contributed by atoms with Crippen molar-refractivity contribution in [2.75, 3.05) is 12.4 Å². The van der Waals surface area contributed by atoms with Gasteiger partial charge in [0.1, 0.15) is 17.2 Å². The molecule has 0 atom stereocenters. The first kappa shape index (κ1) is 18.4. The van der Waals surface area contributed by atoms with Crippen LogP contribution < -0.4 is 20.2 Å². The predicted molar refractivity (Wildman–Crippen MR) is 113 cm³/mol. The normalized spacial score (nSPS) is 10.4. The van der Waals surface area contributed by atoms with Crippen molar-refractivity contribution in [2.24, 2.45) is 5.10 Å². The highest BCUT2D eigenvalue weighted by Crippen LogP contribution is 2.21. The van der Waals surface area contributed by atoms with E-state index in [0.29, 0.717) is 5.11 Å². The van der Waals surface area contributed by atoms with E-state index in [9.17, 15) is 0 Å². The fraction of sp³-hybridized carbons (Fsp3) is 0.0476. The molecule has 0 amide bonds. The molecule has 0 spiro atoms. The molecule has 27 heavy (non-hydrogen) atoms. The lowest BCUT2D eigenvalue weighted by Gasteiger charge is -2.08. The van der Waals surface area contributed by atoms with Crippen LogP contribution in [0.1, 0.15) is 5.56 Å². The molecule has 136 valence electrons. The second-order valence-corrected chi connectivity index (χ2v) is 5.95. The van der Waals surface area contributed by atoms with Gasteiger partial charge in [-0.1, -0.05) is 30.3 Å². The zero-order valence-corrected chi connectivity index (χ0v) is 15.6. The molecule has 0 bridgehead atoms. The smallest absolute Gasteiger partial charge is 0.191 e. The number of nitrogens with zero attached hydrogens (tertiary/aromatic N) is 1. The Morgan fingerprint density at radius 1 is 0.889 bits per heavy atom. The van der Waals surface area contributed by atoms with Gasteiger partial charge in [-0.05, 0) is 66.3 Å². The molecule has 0 radical (unpaired) electrons. The molecule has 5 nitrogen and oxygen atoms in total. The van der Waals surface area contributed by atoms with Crippen LogP contribution in [-0.4, -0.2) is 18.4 Å². The van der Waals surface area contributed by atoms with E-state index >= 15 is 0 Å². The molecule has 0 aromatic heterocycles. The maximum absolute atomic E-state index is 5.81. The van der Waals surface area contributed by atoms with Crippen LogP contribution >= 0.6 is 12.2 Å². The van der Waals surface area contributed by atoms with Gasteiger partial charge in [-0.25, -0.2) is 0 Å². The summed E-state index contributed by atoms with van der Waals surface area (Å²) in [5.74, 6) is 2.31. The number of hydrogen-bond donors (Lipinski definition) is 2. The molecular formula is C21H19N3O2S. The van der Waals surface area contributed by atoms with Gasteiger partial charge in [0.05, 0.1) is 13.3 Å². The number of para-hydroxylation sites is 1. The van der Waals surface area contributed by atoms with Crippen LogP contribution in [0.25, 0.3) is 0 Å². The van der Waals surface area contributed by atoms with Gasteiger partial charge >= 0.3 is 0 Å². The van der Waals surface area contributed by atoms with Crippen LogP contribution in [0.4, 0.5) is 5.69 Å². The van der Waals surface area contributed by atoms with Crippen LogP contribution in [0, 0.1) is 0 Å². The maximum Gasteiger partial charge on any atom is 0.191 e. The SMILES string of the molecule is COc1ccc(NC(=S)N/N=C\c2cccc(Oc3ccccc3)c2)cc1. The Morgan fingerprint density at radius 3 is 2.37 bits per heavy atom. The van der Waals surface area contributed by atoms with Crippen LogP contribution in [0.15, 0.2) is 84.0 Å². The number of ether oxygens (including phenoxy) is 2. The molecule has 0 heterocycles. The summed E-state index contributed by atoms with van der Waals surface area (Å²) in [6.45, 7) is 0. The van der Waals surface area contributed by atoms with Crippen molar-refractivity contribution in [3.05, 3.63) is 84.4 Å². The van der Waals surface area contributed by atoms with Gasteiger partial charge in [0.25, 0.3) is 0 Å². The molecule has 6 heteroatoms. The quantitative estimate of drug-likeness (QED) is 0.367. The Morgan fingerprint density at radius 2 is 1.63 bits per heavy atom. The minimum Gasteiger partial charge on any atom is -0.497 e. The van der Waals surface area contributed by atoms with Gasteiger partial charge in [-0.15, -0.1) is 0 Å². The van der Waals surface area contributed by atoms with E-state index < -0.39 is 0 Å². The van der Waals surface area contributed by atoms with E-state index in [1.807, 2.05) is 78.9 Å². The summed E-state index contributed by atoms with van der Waals surface area (Å²) in [5.41, 5.74) is 4.54. The Bertz CT molecular complexity index is 912. The Balaban J connectivity index is 1.54. The topological polar surface area (TPSA) is 54.9 Å². The van der Waals surface area contributed by atoms with Crippen molar-refractivity contribution in [3.8, 4) is 17.2 Å². The lowest BCUT2D eigenvalue weighted by molar-refractivity contribution is 0.415. The van der Waals surface area contributed by atoms with Gasteiger partial charge in [0.15, 0.2) is 5.11 Å². The molecular weight excluding hydrogens is 358 g/mol. The number of hydrogen-bond acceptors (Lipinski definition) is 4. The summed E-state index contributed by atoms with van der Waals surface area (Å²) in [6, 6.07) is 24.7. The van der Waals surface area contributed by atoms with Crippen LogP contribution in [0.5, 0.6) is 17.2 Å². The van der Waals surface area contributed by atoms with Crippen LogP contribution in [0.2, 0.25) is 0 Å². The van der Waals surface area contributed by atoms with Crippen molar-refractivity contribution in [1.82, 2.24) is 5.43 Å². The van der Waals surface area contributed by atoms with Gasteiger partial charge in [-0.3, -0.25) is 5.43 Å². The third-order valence-electron chi connectivity index (χ3n) is 3.56.